The van der Waals surface area contributed by atoms with E-state index in [1.54, 1.807) is 0 Å². The third kappa shape index (κ3) is 2.88. The van der Waals surface area contributed by atoms with E-state index in [0.717, 1.165) is 12.1 Å². The maximum Gasteiger partial charge on any atom is 0.255 e. The first-order valence-electron chi connectivity index (χ1n) is 5.70. The Morgan fingerprint density at radius 2 is 1.90 bits per heavy atom. The van der Waals surface area contributed by atoms with Crippen LogP contribution >= 0.6 is 11.6 Å². The van der Waals surface area contributed by atoms with E-state index in [2.05, 4.69) is 5.32 Å². The molecular weight excluding hydrogens is 286 g/mol. The van der Waals surface area contributed by atoms with Crippen molar-refractivity contribution in [3.05, 3.63) is 58.1 Å². The molecule has 20 heavy (non-hydrogen) atoms. The molecule has 0 aromatic heterocycles. The van der Waals surface area contributed by atoms with Crippen molar-refractivity contribution in [1.82, 2.24) is 0 Å². The largest absolute Gasteiger partial charge is 0.398 e. The molecule has 6 heteroatoms. The summed E-state index contributed by atoms with van der Waals surface area (Å²) < 4.78 is 27.0. The summed E-state index contributed by atoms with van der Waals surface area (Å²) in [4.78, 5) is 12.0. The topological polar surface area (TPSA) is 55.1 Å². The van der Waals surface area contributed by atoms with Crippen LogP contribution < -0.4 is 11.1 Å². The summed E-state index contributed by atoms with van der Waals surface area (Å²) in [6.07, 6.45) is 0. The van der Waals surface area contributed by atoms with Gasteiger partial charge >= 0.3 is 0 Å². The number of hydrogen-bond donors (Lipinski definition) is 2. The van der Waals surface area contributed by atoms with E-state index in [0.29, 0.717) is 0 Å². The van der Waals surface area contributed by atoms with Crippen LogP contribution in [0, 0.1) is 18.6 Å². The first-order chi connectivity index (χ1) is 9.38. The maximum absolute atomic E-state index is 13.5. The van der Waals surface area contributed by atoms with Gasteiger partial charge in [0.1, 0.15) is 11.6 Å². The molecule has 0 radical (unpaired) electrons. The lowest BCUT2D eigenvalue weighted by atomic mass is 10.1. The van der Waals surface area contributed by atoms with Gasteiger partial charge in [0, 0.05) is 21.8 Å². The number of amides is 1. The van der Waals surface area contributed by atoms with Crippen LogP contribution in [0.25, 0.3) is 0 Å². The van der Waals surface area contributed by atoms with E-state index >= 15 is 0 Å². The van der Waals surface area contributed by atoms with Crippen molar-refractivity contribution in [3.8, 4) is 0 Å². The van der Waals surface area contributed by atoms with E-state index in [-0.39, 0.29) is 27.5 Å². The molecule has 1 amide bonds. The van der Waals surface area contributed by atoms with Crippen LogP contribution in [0.3, 0.4) is 0 Å². The first-order valence-corrected chi connectivity index (χ1v) is 6.08. The van der Waals surface area contributed by atoms with Crippen LogP contribution in [0.1, 0.15) is 15.9 Å². The lowest BCUT2D eigenvalue weighted by molar-refractivity contribution is 0.102. The highest BCUT2D eigenvalue weighted by Crippen LogP contribution is 2.22. The smallest absolute Gasteiger partial charge is 0.255 e. The molecule has 0 unspecified atom stereocenters. The van der Waals surface area contributed by atoms with Gasteiger partial charge in [-0.25, -0.2) is 8.78 Å². The molecular formula is C14H11ClF2N2O. The summed E-state index contributed by atoms with van der Waals surface area (Å²) in [5.74, 6) is -1.90. The number of benzene rings is 2. The SMILES string of the molecule is Cc1c(N)cc(C(=O)Nc2cc(Cl)ccc2F)cc1F. The predicted octanol–water partition coefficient (Wildman–Crippen LogP) is 3.76. The number of carbonyl (C=O) groups is 1. The molecule has 2 rings (SSSR count). The van der Waals surface area contributed by atoms with Gasteiger partial charge in [0.2, 0.25) is 0 Å². The highest BCUT2D eigenvalue weighted by Gasteiger charge is 2.13. The molecule has 0 bridgehead atoms. The van der Waals surface area contributed by atoms with Crippen LogP contribution in [-0.2, 0) is 0 Å². The minimum atomic E-state index is -0.670. The quantitative estimate of drug-likeness (QED) is 0.829. The Labute approximate surface area is 119 Å². The van der Waals surface area contributed by atoms with E-state index in [4.69, 9.17) is 17.3 Å². The average molecular weight is 297 g/mol. The number of anilines is 2. The zero-order valence-corrected chi connectivity index (χ0v) is 11.3. The molecule has 0 heterocycles. The van der Waals surface area contributed by atoms with Crippen LogP contribution in [0.4, 0.5) is 20.2 Å². The molecule has 0 aliphatic carbocycles. The van der Waals surface area contributed by atoms with Gasteiger partial charge in [-0.05, 0) is 37.3 Å². The van der Waals surface area contributed by atoms with Gasteiger partial charge in [-0.2, -0.15) is 0 Å². The number of hydrogen-bond acceptors (Lipinski definition) is 2. The number of halogens is 3. The molecule has 3 N–H and O–H groups in total. The molecule has 0 saturated carbocycles. The van der Waals surface area contributed by atoms with Crippen LogP contribution in [0.2, 0.25) is 5.02 Å². The van der Waals surface area contributed by atoms with Crippen LogP contribution in [0.5, 0.6) is 0 Å². The van der Waals surface area contributed by atoms with Crippen LogP contribution in [-0.4, -0.2) is 5.91 Å². The van der Waals surface area contributed by atoms with Gasteiger partial charge in [-0.15, -0.1) is 0 Å². The molecule has 0 aliphatic rings. The molecule has 3 nitrogen and oxygen atoms in total. The summed E-state index contributed by atoms with van der Waals surface area (Å²) in [5, 5.41) is 2.59. The molecule has 2 aromatic carbocycles. The average Bonchev–Trinajstić information content (AvgIpc) is 2.39. The van der Waals surface area contributed by atoms with Gasteiger partial charge in [-0.3, -0.25) is 4.79 Å². The normalized spacial score (nSPS) is 10.4. The Hall–Kier alpha value is -2.14. The fourth-order valence-corrected chi connectivity index (χ4v) is 1.79. The van der Waals surface area contributed by atoms with Crippen molar-refractivity contribution < 1.29 is 13.6 Å². The van der Waals surface area contributed by atoms with Gasteiger partial charge in [0.25, 0.3) is 5.91 Å². The lowest BCUT2D eigenvalue weighted by Crippen LogP contribution is -2.14. The second-order valence-corrected chi connectivity index (χ2v) is 4.69. The minimum absolute atomic E-state index is 0.00461. The standard InChI is InChI=1S/C14H11ClF2N2O/c1-7-11(17)4-8(5-12(7)18)14(20)19-13-6-9(15)2-3-10(13)16/h2-6H,18H2,1H3,(H,19,20). The number of nitrogen functional groups attached to an aromatic ring is 1. The lowest BCUT2D eigenvalue weighted by Gasteiger charge is -2.09. The van der Waals surface area contributed by atoms with Gasteiger partial charge in [-0.1, -0.05) is 11.6 Å². The summed E-state index contributed by atoms with van der Waals surface area (Å²) in [7, 11) is 0. The van der Waals surface area contributed by atoms with Crippen molar-refractivity contribution in [3.63, 3.8) is 0 Å². The van der Waals surface area contributed by atoms with E-state index in [9.17, 15) is 13.6 Å². The fraction of sp³-hybridized carbons (Fsp3) is 0.0714. The Bertz CT molecular complexity index is 666. The highest BCUT2D eigenvalue weighted by molar-refractivity contribution is 6.31. The van der Waals surface area contributed by atoms with Gasteiger partial charge in [0.15, 0.2) is 0 Å². The molecule has 0 aliphatic heterocycles. The van der Waals surface area contributed by atoms with E-state index in [1.807, 2.05) is 0 Å². The zero-order valence-electron chi connectivity index (χ0n) is 10.5. The Morgan fingerprint density at radius 3 is 2.55 bits per heavy atom. The maximum atomic E-state index is 13.5. The Morgan fingerprint density at radius 1 is 1.20 bits per heavy atom. The summed E-state index contributed by atoms with van der Waals surface area (Å²) >= 11 is 5.72. The van der Waals surface area contributed by atoms with Crippen LogP contribution in [0.15, 0.2) is 30.3 Å². The molecule has 0 spiro atoms. The van der Waals surface area contributed by atoms with Crippen molar-refractivity contribution in [2.75, 3.05) is 11.1 Å². The molecule has 0 atom stereocenters. The van der Waals surface area contributed by atoms with Gasteiger partial charge in [0.05, 0.1) is 5.69 Å². The number of rotatable bonds is 2. The summed E-state index contributed by atoms with van der Waals surface area (Å²) in [6.45, 7) is 1.50. The van der Waals surface area contributed by atoms with Gasteiger partial charge < -0.3 is 11.1 Å². The molecule has 0 fully saturated rings. The van der Waals surface area contributed by atoms with E-state index in [1.165, 1.54) is 25.1 Å². The number of nitrogens with one attached hydrogen (secondary N) is 1. The van der Waals surface area contributed by atoms with Crippen molar-refractivity contribution >= 4 is 28.9 Å². The summed E-state index contributed by atoms with van der Waals surface area (Å²) in [5.41, 5.74) is 5.93. The molecule has 104 valence electrons. The molecule has 0 saturated heterocycles. The second kappa shape index (κ2) is 5.46. The zero-order chi connectivity index (χ0) is 14.9. The highest BCUT2D eigenvalue weighted by atomic mass is 35.5. The van der Waals surface area contributed by atoms with E-state index < -0.39 is 17.5 Å². The minimum Gasteiger partial charge on any atom is -0.398 e. The molecule has 2 aromatic rings. The Kier molecular flexibility index (Phi) is 3.90. The predicted molar refractivity (Wildman–Crippen MR) is 74.9 cm³/mol. The second-order valence-electron chi connectivity index (χ2n) is 4.25. The number of carbonyl (C=O) groups excluding carboxylic acids is 1. The number of nitrogens with two attached hydrogens (primary N) is 1. The first kappa shape index (κ1) is 14.3. The third-order valence-electron chi connectivity index (χ3n) is 2.82. The van der Waals surface area contributed by atoms with Crippen molar-refractivity contribution in [2.45, 2.75) is 6.92 Å². The van der Waals surface area contributed by atoms with Crippen molar-refractivity contribution in [1.29, 1.82) is 0 Å². The fourth-order valence-electron chi connectivity index (χ4n) is 1.62. The summed E-state index contributed by atoms with van der Waals surface area (Å²) in [6, 6.07) is 6.13. The third-order valence-corrected chi connectivity index (χ3v) is 3.06. The monoisotopic (exact) mass is 296 g/mol. The Balaban J connectivity index is 2.31. The van der Waals surface area contributed by atoms with Crippen molar-refractivity contribution in [2.24, 2.45) is 0 Å².